The molecule has 1 atom stereocenters. The fraction of sp³-hybridized carbons (Fsp3) is 0.818. The average Bonchev–Trinajstić information content (AvgIpc) is 3.03. The summed E-state index contributed by atoms with van der Waals surface area (Å²) in [7, 11) is 4.14. The fourth-order valence-corrected chi connectivity index (χ4v) is 1.87. The van der Waals surface area contributed by atoms with E-state index in [1.54, 1.807) is 0 Å². The van der Waals surface area contributed by atoms with Crippen LogP contribution >= 0.6 is 0 Å². The summed E-state index contributed by atoms with van der Waals surface area (Å²) in [5.41, 5.74) is 1.13. The second-order valence-corrected chi connectivity index (χ2v) is 4.73. The van der Waals surface area contributed by atoms with E-state index in [0.717, 1.165) is 24.8 Å². The maximum atomic E-state index is 3.90. The molecule has 1 aliphatic rings. The number of hydrogen-bond acceptors (Lipinski definition) is 4. The van der Waals surface area contributed by atoms with E-state index in [-0.39, 0.29) is 0 Å². The van der Waals surface area contributed by atoms with E-state index in [9.17, 15) is 0 Å². The van der Waals surface area contributed by atoms with Crippen LogP contribution in [0.1, 0.15) is 25.5 Å². The van der Waals surface area contributed by atoms with Gasteiger partial charge in [-0.3, -0.25) is 9.58 Å². The SMILES string of the molecule is CC(CNCc1cnnn1C)N(C)C1CC1. The summed E-state index contributed by atoms with van der Waals surface area (Å²) >= 11 is 0. The normalized spacial score (nSPS) is 18.0. The number of likely N-dealkylation sites (N-methyl/N-ethyl adjacent to an activating group) is 1. The first-order chi connectivity index (χ1) is 7.68. The van der Waals surface area contributed by atoms with E-state index in [1.165, 1.54) is 12.8 Å². The Balaban J connectivity index is 1.69. The van der Waals surface area contributed by atoms with Crippen LogP contribution in [0.4, 0.5) is 0 Å². The second kappa shape index (κ2) is 4.93. The number of nitrogens with zero attached hydrogens (tertiary/aromatic N) is 4. The first kappa shape index (κ1) is 11.5. The van der Waals surface area contributed by atoms with Gasteiger partial charge in [-0.25, -0.2) is 0 Å². The molecule has 0 aliphatic heterocycles. The number of aryl methyl sites for hydroxylation is 1. The minimum Gasteiger partial charge on any atom is -0.310 e. The van der Waals surface area contributed by atoms with E-state index in [0.29, 0.717) is 6.04 Å². The average molecular weight is 223 g/mol. The molecule has 1 fully saturated rings. The van der Waals surface area contributed by atoms with Crippen LogP contribution in [0.25, 0.3) is 0 Å². The van der Waals surface area contributed by atoms with E-state index < -0.39 is 0 Å². The lowest BCUT2D eigenvalue weighted by molar-refractivity contribution is 0.240. The fourth-order valence-electron chi connectivity index (χ4n) is 1.87. The number of nitrogens with one attached hydrogen (secondary N) is 1. The van der Waals surface area contributed by atoms with E-state index in [2.05, 4.69) is 34.5 Å². The second-order valence-electron chi connectivity index (χ2n) is 4.73. The van der Waals surface area contributed by atoms with Gasteiger partial charge in [0.25, 0.3) is 0 Å². The van der Waals surface area contributed by atoms with Gasteiger partial charge >= 0.3 is 0 Å². The zero-order chi connectivity index (χ0) is 11.5. The Labute approximate surface area is 96.8 Å². The van der Waals surface area contributed by atoms with E-state index in [4.69, 9.17) is 0 Å². The number of aromatic nitrogens is 3. The molecular formula is C11H21N5. The zero-order valence-electron chi connectivity index (χ0n) is 10.3. The molecule has 0 amide bonds. The van der Waals surface area contributed by atoms with Crippen molar-refractivity contribution in [3.05, 3.63) is 11.9 Å². The summed E-state index contributed by atoms with van der Waals surface area (Å²) in [5, 5.41) is 11.2. The van der Waals surface area contributed by atoms with Crippen molar-refractivity contribution in [3.8, 4) is 0 Å². The highest BCUT2D eigenvalue weighted by Gasteiger charge is 2.28. The van der Waals surface area contributed by atoms with Gasteiger partial charge in [-0.1, -0.05) is 5.21 Å². The molecule has 1 saturated carbocycles. The third-order valence-electron chi connectivity index (χ3n) is 3.37. The first-order valence-corrected chi connectivity index (χ1v) is 5.94. The van der Waals surface area contributed by atoms with Gasteiger partial charge in [-0.15, -0.1) is 5.10 Å². The Kier molecular flexibility index (Phi) is 3.56. The van der Waals surface area contributed by atoms with Crippen molar-refractivity contribution in [2.45, 2.75) is 38.4 Å². The Morgan fingerprint density at radius 2 is 2.38 bits per heavy atom. The smallest absolute Gasteiger partial charge is 0.0738 e. The summed E-state index contributed by atoms with van der Waals surface area (Å²) in [6.45, 7) is 4.12. The lowest BCUT2D eigenvalue weighted by Gasteiger charge is -2.24. The summed E-state index contributed by atoms with van der Waals surface area (Å²) in [4.78, 5) is 2.47. The maximum Gasteiger partial charge on any atom is 0.0738 e. The van der Waals surface area contributed by atoms with Crippen LogP contribution in [0.5, 0.6) is 0 Å². The van der Waals surface area contributed by atoms with Gasteiger partial charge in [0.15, 0.2) is 0 Å². The first-order valence-electron chi connectivity index (χ1n) is 5.94. The van der Waals surface area contributed by atoms with Crippen molar-refractivity contribution >= 4 is 0 Å². The Morgan fingerprint density at radius 1 is 1.62 bits per heavy atom. The zero-order valence-corrected chi connectivity index (χ0v) is 10.3. The van der Waals surface area contributed by atoms with Crippen LogP contribution in [0.15, 0.2) is 6.20 Å². The predicted octanol–water partition coefficient (Wildman–Crippen LogP) is 0.387. The van der Waals surface area contributed by atoms with Gasteiger partial charge in [0.05, 0.1) is 11.9 Å². The molecule has 1 aliphatic carbocycles. The summed E-state index contributed by atoms with van der Waals surface area (Å²) in [6, 6.07) is 1.42. The third-order valence-corrected chi connectivity index (χ3v) is 3.37. The summed E-state index contributed by atoms with van der Waals surface area (Å²) in [5.74, 6) is 0. The van der Waals surface area contributed by atoms with Crippen LogP contribution in [-0.4, -0.2) is 45.6 Å². The lowest BCUT2D eigenvalue weighted by Crippen LogP contribution is -2.39. The van der Waals surface area contributed by atoms with E-state index in [1.807, 2.05) is 17.9 Å². The maximum absolute atomic E-state index is 3.90. The van der Waals surface area contributed by atoms with Crippen LogP contribution in [0, 0.1) is 0 Å². The van der Waals surface area contributed by atoms with Crippen molar-refractivity contribution in [2.75, 3.05) is 13.6 Å². The minimum atomic E-state index is 0.591. The van der Waals surface area contributed by atoms with Gasteiger partial charge in [0, 0.05) is 32.2 Å². The molecule has 0 saturated heterocycles. The molecule has 0 bridgehead atoms. The molecule has 1 unspecified atom stereocenters. The molecule has 1 N–H and O–H groups in total. The molecule has 1 aromatic rings. The molecule has 2 rings (SSSR count). The van der Waals surface area contributed by atoms with Gasteiger partial charge in [-0.2, -0.15) is 0 Å². The van der Waals surface area contributed by atoms with Crippen molar-refractivity contribution in [1.29, 1.82) is 0 Å². The van der Waals surface area contributed by atoms with Crippen molar-refractivity contribution in [2.24, 2.45) is 7.05 Å². The van der Waals surface area contributed by atoms with Gasteiger partial charge in [0.1, 0.15) is 0 Å². The largest absolute Gasteiger partial charge is 0.310 e. The molecular weight excluding hydrogens is 202 g/mol. The number of hydrogen-bond donors (Lipinski definition) is 1. The number of rotatable bonds is 6. The highest BCUT2D eigenvalue weighted by atomic mass is 15.4. The quantitative estimate of drug-likeness (QED) is 0.757. The van der Waals surface area contributed by atoms with Crippen LogP contribution in [0.2, 0.25) is 0 Å². The molecule has 1 aromatic heterocycles. The molecule has 0 aromatic carbocycles. The third kappa shape index (κ3) is 2.80. The molecule has 1 heterocycles. The summed E-state index contributed by atoms with van der Waals surface area (Å²) in [6.07, 6.45) is 4.54. The van der Waals surface area contributed by atoms with Gasteiger partial charge in [0.2, 0.25) is 0 Å². The van der Waals surface area contributed by atoms with Crippen LogP contribution in [-0.2, 0) is 13.6 Å². The van der Waals surface area contributed by atoms with Crippen molar-refractivity contribution < 1.29 is 0 Å². The molecule has 16 heavy (non-hydrogen) atoms. The molecule has 0 radical (unpaired) electrons. The Bertz CT molecular complexity index is 331. The molecule has 5 nitrogen and oxygen atoms in total. The Morgan fingerprint density at radius 3 is 2.94 bits per heavy atom. The van der Waals surface area contributed by atoms with Crippen molar-refractivity contribution in [3.63, 3.8) is 0 Å². The van der Waals surface area contributed by atoms with Gasteiger partial charge in [-0.05, 0) is 26.8 Å². The minimum absolute atomic E-state index is 0.591. The highest BCUT2D eigenvalue weighted by Crippen LogP contribution is 2.26. The topological polar surface area (TPSA) is 46.0 Å². The Hall–Kier alpha value is -0.940. The van der Waals surface area contributed by atoms with Crippen LogP contribution in [0.3, 0.4) is 0 Å². The highest BCUT2D eigenvalue weighted by molar-refractivity contribution is 4.92. The predicted molar refractivity (Wildman–Crippen MR) is 63.0 cm³/mol. The monoisotopic (exact) mass is 223 g/mol. The van der Waals surface area contributed by atoms with E-state index >= 15 is 0 Å². The molecule has 0 spiro atoms. The lowest BCUT2D eigenvalue weighted by atomic mass is 10.3. The molecule has 90 valence electrons. The standard InChI is InChI=1S/C11H21N5/c1-9(15(2)10-4-5-10)6-12-7-11-8-13-14-16(11)3/h8-10,12H,4-7H2,1-3H3. The van der Waals surface area contributed by atoms with Gasteiger partial charge < -0.3 is 5.32 Å². The van der Waals surface area contributed by atoms with Crippen molar-refractivity contribution in [1.82, 2.24) is 25.2 Å². The molecule has 5 heteroatoms. The van der Waals surface area contributed by atoms with Crippen LogP contribution < -0.4 is 5.32 Å². The summed E-state index contributed by atoms with van der Waals surface area (Å²) < 4.78 is 1.81.